The number of hydrogen-bond acceptors (Lipinski definition) is 2. The van der Waals surface area contributed by atoms with Crippen molar-refractivity contribution in [1.82, 2.24) is 0 Å². The van der Waals surface area contributed by atoms with E-state index in [-0.39, 0.29) is 10.8 Å². The molecule has 3 aliphatic carbocycles. The van der Waals surface area contributed by atoms with Gasteiger partial charge in [0, 0.05) is 0 Å². The molecular weight excluding hydrogens is 558 g/mol. The van der Waals surface area contributed by atoms with Crippen molar-refractivity contribution in [3.05, 3.63) is 0 Å². The summed E-state index contributed by atoms with van der Waals surface area (Å²) in [4.78, 5) is 5.33. The van der Waals surface area contributed by atoms with Gasteiger partial charge in [0.05, 0.1) is 6.61 Å². The van der Waals surface area contributed by atoms with Crippen molar-refractivity contribution in [2.24, 2.45) is 104 Å². The van der Waals surface area contributed by atoms with E-state index in [1.54, 1.807) is 0 Å². The molecule has 0 saturated heterocycles. The van der Waals surface area contributed by atoms with Gasteiger partial charge in [-0.1, -0.05) is 131 Å². The van der Waals surface area contributed by atoms with E-state index < -0.39 is 0 Å². The highest BCUT2D eigenvalue weighted by Gasteiger charge is 2.73. The highest BCUT2D eigenvalue weighted by molar-refractivity contribution is 5.20. The largest absolute Gasteiger partial charge is 0.305 e. The molecule has 0 amide bonds. The van der Waals surface area contributed by atoms with Crippen molar-refractivity contribution in [2.45, 2.75) is 175 Å². The molecule has 0 aromatic heterocycles. The molecule has 2 bridgehead atoms. The van der Waals surface area contributed by atoms with Gasteiger partial charge in [-0.15, -0.1) is 0 Å². The lowest BCUT2D eigenvalue weighted by Crippen LogP contribution is -2.45. The summed E-state index contributed by atoms with van der Waals surface area (Å²) in [5.41, 5.74) is 1.64. The van der Waals surface area contributed by atoms with Crippen molar-refractivity contribution in [1.29, 1.82) is 0 Å². The molecule has 272 valence electrons. The van der Waals surface area contributed by atoms with Crippen LogP contribution in [0.4, 0.5) is 0 Å². The Bertz CT molecular complexity index is 959. The molecule has 3 saturated carbocycles. The summed E-state index contributed by atoms with van der Waals surface area (Å²) in [5.74, 6) is 14.7. The molecule has 46 heavy (non-hydrogen) atoms. The van der Waals surface area contributed by atoms with Crippen LogP contribution in [0.2, 0.25) is 0 Å². The van der Waals surface area contributed by atoms with E-state index in [0.29, 0.717) is 40.6 Å². The fourth-order valence-corrected chi connectivity index (χ4v) is 13.0. The third-order valence-electron chi connectivity index (χ3n) is 17.1. The summed E-state index contributed by atoms with van der Waals surface area (Å²) in [6.45, 7) is 45.0. The molecule has 0 heterocycles. The Kier molecular flexibility index (Phi) is 12.8. The summed E-state index contributed by atoms with van der Waals surface area (Å²) in [6.07, 6.45) is 12.1. The van der Waals surface area contributed by atoms with Crippen LogP contribution in [-0.4, -0.2) is 6.61 Å². The highest BCUT2D eigenvalue weighted by atomic mass is 16.6. The fourth-order valence-electron chi connectivity index (χ4n) is 13.0. The molecule has 0 radical (unpaired) electrons. The summed E-state index contributed by atoms with van der Waals surface area (Å²) < 4.78 is 0. The van der Waals surface area contributed by atoms with Gasteiger partial charge in [-0.25, -0.2) is 5.90 Å². The topological polar surface area (TPSA) is 35.2 Å². The molecule has 2 heteroatoms. The molecule has 2 N–H and O–H groups in total. The molecule has 3 fully saturated rings. The van der Waals surface area contributed by atoms with Crippen LogP contribution in [0.1, 0.15) is 175 Å². The van der Waals surface area contributed by atoms with Crippen molar-refractivity contribution in [2.75, 3.05) is 6.61 Å². The maximum Gasteiger partial charge on any atom is 0.0682 e. The van der Waals surface area contributed by atoms with Gasteiger partial charge in [0.25, 0.3) is 0 Å². The van der Waals surface area contributed by atoms with Crippen molar-refractivity contribution in [3.8, 4) is 0 Å². The van der Waals surface area contributed by atoms with Crippen molar-refractivity contribution in [3.63, 3.8) is 0 Å². The van der Waals surface area contributed by atoms with E-state index in [2.05, 4.69) is 118 Å². The van der Waals surface area contributed by atoms with Crippen LogP contribution in [0.3, 0.4) is 0 Å². The lowest BCUT2D eigenvalue weighted by molar-refractivity contribution is -0.0396. The molecule has 0 spiro atoms. The zero-order valence-corrected chi connectivity index (χ0v) is 34.5. The van der Waals surface area contributed by atoms with Gasteiger partial charge >= 0.3 is 0 Å². The molecular formula is C44H85NO. The average Bonchev–Trinajstić information content (AvgIpc) is 3.37. The van der Waals surface area contributed by atoms with Crippen LogP contribution in [0, 0.1) is 98.1 Å². The molecule has 3 aliphatic rings. The molecule has 7 unspecified atom stereocenters. The molecule has 2 nitrogen and oxygen atoms in total. The van der Waals surface area contributed by atoms with Gasteiger partial charge in [-0.2, -0.15) is 0 Å². The molecule has 3 rings (SSSR count). The molecule has 0 aromatic rings. The second kappa shape index (κ2) is 14.6. The summed E-state index contributed by atoms with van der Waals surface area (Å²) >= 11 is 0. The Hall–Kier alpha value is -0.0800. The number of fused-ring (bicyclic) bond motifs is 4. The molecule has 0 aliphatic heterocycles. The second-order valence-electron chi connectivity index (χ2n) is 21.5. The summed E-state index contributed by atoms with van der Waals surface area (Å²) in [6, 6.07) is 0. The zero-order chi connectivity index (χ0) is 35.2. The van der Waals surface area contributed by atoms with Gasteiger partial charge in [0.15, 0.2) is 0 Å². The number of nitrogens with two attached hydrogens (primary N) is 1. The quantitative estimate of drug-likeness (QED) is 0.292. The van der Waals surface area contributed by atoms with Crippen LogP contribution in [0.5, 0.6) is 0 Å². The first kappa shape index (κ1) is 40.4. The Labute approximate surface area is 290 Å². The van der Waals surface area contributed by atoms with Crippen LogP contribution < -0.4 is 5.90 Å². The lowest BCUT2D eigenvalue weighted by Gasteiger charge is -2.53. The standard InChI is InChI=1S/C44H85NO/c1-28(2)23-36-19-18-20-37-29(3)24-30(4)38(21-22-46-45)39(32(37)6)44(17)34(8)43(44,16)27-35(26-40(9,10)11)25-31(5)41(12,13)42(14,15)33(36)7/h28-39H,18-27,45H2,1-17H3/t29-,30+,31-,32?,33?,34+,35?,36?,37?,38?,39?,43+,44+/m1/s1. The van der Waals surface area contributed by atoms with Gasteiger partial charge in [-0.3, -0.25) is 0 Å². The second-order valence-corrected chi connectivity index (χ2v) is 21.5. The zero-order valence-electron chi connectivity index (χ0n) is 34.5. The third-order valence-corrected chi connectivity index (χ3v) is 17.1. The van der Waals surface area contributed by atoms with Crippen LogP contribution in [0.25, 0.3) is 0 Å². The minimum absolute atomic E-state index is 0.272. The van der Waals surface area contributed by atoms with E-state index in [1.807, 2.05) is 0 Å². The first-order valence-electron chi connectivity index (χ1n) is 20.3. The predicted molar refractivity (Wildman–Crippen MR) is 202 cm³/mol. The first-order valence-corrected chi connectivity index (χ1v) is 20.3. The van der Waals surface area contributed by atoms with Gasteiger partial charge in [0.1, 0.15) is 0 Å². The highest BCUT2D eigenvalue weighted by Crippen LogP contribution is 2.78. The fraction of sp³-hybridized carbons (Fsp3) is 1.00. The van der Waals surface area contributed by atoms with Gasteiger partial charge < -0.3 is 4.84 Å². The van der Waals surface area contributed by atoms with Gasteiger partial charge in [-0.05, 0) is 143 Å². The first-order chi connectivity index (χ1) is 21.0. The van der Waals surface area contributed by atoms with E-state index in [4.69, 9.17) is 10.7 Å². The Morgan fingerprint density at radius 2 is 1.43 bits per heavy atom. The van der Waals surface area contributed by atoms with Gasteiger partial charge in [0.2, 0.25) is 0 Å². The molecule has 13 atom stereocenters. The Morgan fingerprint density at radius 1 is 0.826 bits per heavy atom. The average molecular weight is 644 g/mol. The van der Waals surface area contributed by atoms with E-state index in [1.165, 1.54) is 51.4 Å². The Morgan fingerprint density at radius 3 is 1.98 bits per heavy atom. The smallest absolute Gasteiger partial charge is 0.0682 e. The van der Waals surface area contributed by atoms with Crippen molar-refractivity contribution < 1.29 is 4.84 Å². The summed E-state index contributed by atoms with van der Waals surface area (Å²) in [5, 5.41) is 0. The van der Waals surface area contributed by atoms with E-state index >= 15 is 0 Å². The van der Waals surface area contributed by atoms with Crippen LogP contribution >= 0.6 is 0 Å². The van der Waals surface area contributed by atoms with Crippen LogP contribution in [-0.2, 0) is 4.84 Å². The summed E-state index contributed by atoms with van der Waals surface area (Å²) in [7, 11) is 0. The normalized spacial score (nSPS) is 45.6. The predicted octanol–water partition coefficient (Wildman–Crippen LogP) is 13.1. The minimum atomic E-state index is 0.272. The van der Waals surface area contributed by atoms with Crippen molar-refractivity contribution >= 4 is 0 Å². The third kappa shape index (κ3) is 7.79. The number of rotatable bonds is 6. The Balaban J connectivity index is 2.18. The SMILES string of the molecule is CC(C)CC1CCCC2C(C)C(C(CCON)[C@@H](C)C[C@H]2C)[C@]2(C)[C@@H](C)[C@]2(C)CC(CC(C)(C)C)C[C@@H](C)C(C)(C)C(C)(C)C1C. The van der Waals surface area contributed by atoms with E-state index in [9.17, 15) is 0 Å². The van der Waals surface area contributed by atoms with Crippen LogP contribution in [0.15, 0.2) is 0 Å². The lowest BCUT2D eigenvalue weighted by atomic mass is 9.52. The monoisotopic (exact) mass is 644 g/mol. The minimum Gasteiger partial charge on any atom is -0.305 e. The molecule has 0 aromatic carbocycles. The maximum atomic E-state index is 5.74. The number of hydrogen-bond donors (Lipinski definition) is 1. The maximum absolute atomic E-state index is 5.74. The van der Waals surface area contributed by atoms with E-state index in [0.717, 1.165) is 59.7 Å².